The van der Waals surface area contributed by atoms with Gasteiger partial charge in [0.05, 0.1) is 25.3 Å². The Morgan fingerprint density at radius 1 is 0.821 bits per heavy atom. The van der Waals surface area contributed by atoms with E-state index in [-0.39, 0.29) is 5.91 Å². The van der Waals surface area contributed by atoms with Gasteiger partial charge in [0.2, 0.25) is 0 Å². The second kappa shape index (κ2) is 11.5. The molecule has 2 aromatic heterocycles. The maximum Gasteiger partial charge on any atom is 0.255 e. The highest BCUT2D eigenvalue weighted by atomic mass is 16.5. The molecule has 0 radical (unpaired) electrons. The summed E-state index contributed by atoms with van der Waals surface area (Å²) in [7, 11) is 3.18. The molecule has 2 heterocycles. The normalized spacial score (nSPS) is 10.6. The van der Waals surface area contributed by atoms with Crippen LogP contribution in [0.5, 0.6) is 23.0 Å². The lowest BCUT2D eigenvalue weighted by atomic mass is 10.1. The van der Waals surface area contributed by atoms with E-state index in [0.717, 1.165) is 27.7 Å². The van der Waals surface area contributed by atoms with Gasteiger partial charge in [-0.2, -0.15) is 0 Å². The van der Waals surface area contributed by atoms with Crippen molar-refractivity contribution >= 4 is 28.3 Å². The zero-order chi connectivity index (χ0) is 27.2. The summed E-state index contributed by atoms with van der Waals surface area (Å²) in [5.74, 6) is 2.73. The van der Waals surface area contributed by atoms with Gasteiger partial charge in [0.1, 0.15) is 17.3 Å². The molecule has 8 nitrogen and oxygen atoms in total. The molecule has 0 aliphatic carbocycles. The van der Waals surface area contributed by atoms with Gasteiger partial charge >= 0.3 is 0 Å². The van der Waals surface area contributed by atoms with Crippen LogP contribution in [-0.4, -0.2) is 30.1 Å². The van der Waals surface area contributed by atoms with E-state index in [4.69, 9.17) is 14.2 Å². The van der Waals surface area contributed by atoms with Crippen molar-refractivity contribution in [2.24, 2.45) is 0 Å². The van der Waals surface area contributed by atoms with Crippen molar-refractivity contribution in [3.8, 4) is 23.0 Å². The standard InChI is InChI=1S/C31H28N4O4/c1-20-6-4-7-21(16-20)19-34-31(36)24-8-5-14-33-30(24)35-22-9-11-23(12-10-22)39-27-13-15-32-26-18-29(38-3)28(37-2)17-25(26)27/h4-18H,19H2,1-3H3,(H,33,35)(H,34,36). The lowest BCUT2D eigenvalue weighted by molar-refractivity contribution is 0.0951. The molecule has 0 atom stereocenters. The number of carbonyl (C=O) groups excluding carboxylic acids is 1. The fourth-order valence-electron chi connectivity index (χ4n) is 4.19. The van der Waals surface area contributed by atoms with Crippen LogP contribution in [0.1, 0.15) is 21.5 Å². The van der Waals surface area contributed by atoms with Gasteiger partial charge in [-0.25, -0.2) is 4.98 Å². The molecule has 1 amide bonds. The predicted molar refractivity (Wildman–Crippen MR) is 151 cm³/mol. The Hall–Kier alpha value is -5.11. The van der Waals surface area contributed by atoms with Crippen LogP contribution < -0.4 is 24.8 Å². The smallest absolute Gasteiger partial charge is 0.255 e. The van der Waals surface area contributed by atoms with Crippen LogP contribution in [0.3, 0.4) is 0 Å². The first kappa shape index (κ1) is 25.5. The fraction of sp³-hybridized carbons (Fsp3) is 0.129. The number of ether oxygens (including phenoxy) is 3. The second-order valence-electron chi connectivity index (χ2n) is 8.86. The summed E-state index contributed by atoms with van der Waals surface area (Å²) < 4.78 is 17.0. The van der Waals surface area contributed by atoms with Gasteiger partial charge in [-0.05, 0) is 61.0 Å². The number of nitrogens with one attached hydrogen (secondary N) is 2. The third-order valence-corrected chi connectivity index (χ3v) is 6.14. The van der Waals surface area contributed by atoms with E-state index in [1.807, 2.05) is 61.5 Å². The van der Waals surface area contributed by atoms with Gasteiger partial charge in [0.25, 0.3) is 5.91 Å². The van der Waals surface area contributed by atoms with Crippen molar-refractivity contribution in [1.82, 2.24) is 15.3 Å². The lowest BCUT2D eigenvalue weighted by Crippen LogP contribution is -2.24. The molecule has 3 aromatic carbocycles. The maximum absolute atomic E-state index is 12.9. The van der Waals surface area contributed by atoms with E-state index in [0.29, 0.717) is 40.9 Å². The zero-order valence-electron chi connectivity index (χ0n) is 21.9. The van der Waals surface area contributed by atoms with Crippen LogP contribution in [-0.2, 0) is 6.54 Å². The molecule has 5 rings (SSSR count). The number of carbonyl (C=O) groups is 1. The van der Waals surface area contributed by atoms with Crippen molar-refractivity contribution in [2.75, 3.05) is 19.5 Å². The number of hydrogen-bond acceptors (Lipinski definition) is 7. The van der Waals surface area contributed by atoms with Gasteiger partial charge in [-0.15, -0.1) is 0 Å². The molecule has 0 bridgehead atoms. The maximum atomic E-state index is 12.9. The number of hydrogen-bond donors (Lipinski definition) is 2. The van der Waals surface area contributed by atoms with E-state index >= 15 is 0 Å². The third kappa shape index (κ3) is 5.91. The first-order valence-corrected chi connectivity index (χ1v) is 12.4. The number of aromatic nitrogens is 2. The number of anilines is 2. The van der Waals surface area contributed by atoms with Crippen LogP contribution in [0.25, 0.3) is 10.9 Å². The minimum absolute atomic E-state index is 0.205. The summed E-state index contributed by atoms with van der Waals surface area (Å²) in [6, 6.07) is 24.4. The van der Waals surface area contributed by atoms with Gasteiger partial charge in [-0.1, -0.05) is 29.8 Å². The average Bonchev–Trinajstić information content (AvgIpc) is 2.96. The Bertz CT molecular complexity index is 1620. The Labute approximate surface area is 226 Å². The van der Waals surface area contributed by atoms with E-state index in [1.165, 1.54) is 0 Å². The highest BCUT2D eigenvalue weighted by Crippen LogP contribution is 2.37. The number of fused-ring (bicyclic) bond motifs is 1. The van der Waals surface area contributed by atoms with Crippen LogP contribution in [0.2, 0.25) is 0 Å². The van der Waals surface area contributed by atoms with Gasteiger partial charge in [0, 0.05) is 36.1 Å². The van der Waals surface area contributed by atoms with Gasteiger partial charge in [0.15, 0.2) is 11.5 Å². The zero-order valence-corrected chi connectivity index (χ0v) is 21.9. The summed E-state index contributed by atoms with van der Waals surface area (Å²) in [6.07, 6.45) is 3.33. The Balaban J connectivity index is 1.30. The molecular weight excluding hydrogens is 492 g/mol. The summed E-state index contributed by atoms with van der Waals surface area (Å²) >= 11 is 0. The van der Waals surface area contributed by atoms with E-state index in [2.05, 4.69) is 26.7 Å². The molecule has 0 unspecified atom stereocenters. The Kier molecular flexibility index (Phi) is 7.54. The quantitative estimate of drug-likeness (QED) is 0.232. The Morgan fingerprint density at radius 3 is 2.38 bits per heavy atom. The first-order chi connectivity index (χ1) is 19.0. The lowest BCUT2D eigenvalue weighted by Gasteiger charge is -2.13. The van der Waals surface area contributed by atoms with E-state index in [9.17, 15) is 4.79 Å². The fourth-order valence-corrected chi connectivity index (χ4v) is 4.19. The minimum Gasteiger partial charge on any atom is -0.493 e. The predicted octanol–water partition coefficient (Wildman–Crippen LogP) is 6.42. The second-order valence-corrected chi connectivity index (χ2v) is 8.86. The van der Waals surface area contributed by atoms with Crippen molar-refractivity contribution in [2.45, 2.75) is 13.5 Å². The average molecular weight is 521 g/mol. The highest BCUT2D eigenvalue weighted by Gasteiger charge is 2.14. The molecule has 196 valence electrons. The number of rotatable bonds is 9. The van der Waals surface area contributed by atoms with E-state index < -0.39 is 0 Å². The molecule has 0 aliphatic rings. The molecule has 8 heteroatoms. The number of nitrogens with zero attached hydrogens (tertiary/aromatic N) is 2. The third-order valence-electron chi connectivity index (χ3n) is 6.14. The topological polar surface area (TPSA) is 94.6 Å². The number of methoxy groups -OCH3 is 2. The van der Waals surface area contributed by atoms with Gasteiger partial charge in [-0.3, -0.25) is 9.78 Å². The summed E-state index contributed by atoms with van der Waals surface area (Å²) in [5.41, 5.74) is 4.14. The molecule has 0 saturated heterocycles. The summed E-state index contributed by atoms with van der Waals surface area (Å²) in [6.45, 7) is 2.46. The minimum atomic E-state index is -0.205. The summed E-state index contributed by atoms with van der Waals surface area (Å²) in [4.78, 5) is 21.7. The summed E-state index contributed by atoms with van der Waals surface area (Å²) in [5, 5.41) is 7.01. The number of aryl methyl sites for hydroxylation is 1. The molecule has 5 aromatic rings. The first-order valence-electron chi connectivity index (χ1n) is 12.4. The molecule has 0 spiro atoms. The van der Waals surface area contributed by atoms with Gasteiger partial charge < -0.3 is 24.8 Å². The van der Waals surface area contributed by atoms with Crippen molar-refractivity contribution in [3.05, 3.63) is 108 Å². The molecule has 0 saturated carbocycles. The van der Waals surface area contributed by atoms with Crippen LogP contribution in [0, 0.1) is 6.92 Å². The molecular formula is C31H28N4O4. The molecule has 2 N–H and O–H groups in total. The number of amides is 1. The highest BCUT2D eigenvalue weighted by molar-refractivity contribution is 5.99. The van der Waals surface area contributed by atoms with E-state index in [1.54, 1.807) is 44.8 Å². The molecule has 0 fully saturated rings. The largest absolute Gasteiger partial charge is 0.493 e. The number of benzene rings is 3. The molecule has 39 heavy (non-hydrogen) atoms. The molecule has 0 aliphatic heterocycles. The van der Waals surface area contributed by atoms with Crippen LogP contribution >= 0.6 is 0 Å². The van der Waals surface area contributed by atoms with Crippen LogP contribution in [0.4, 0.5) is 11.5 Å². The van der Waals surface area contributed by atoms with Crippen molar-refractivity contribution in [3.63, 3.8) is 0 Å². The monoisotopic (exact) mass is 520 g/mol. The van der Waals surface area contributed by atoms with Crippen molar-refractivity contribution < 1.29 is 19.0 Å². The van der Waals surface area contributed by atoms with Crippen molar-refractivity contribution in [1.29, 1.82) is 0 Å². The number of pyridine rings is 2. The van der Waals surface area contributed by atoms with Crippen LogP contribution in [0.15, 0.2) is 91.3 Å². The Morgan fingerprint density at radius 2 is 1.62 bits per heavy atom. The SMILES string of the molecule is COc1cc2nccc(Oc3ccc(Nc4ncccc4C(=O)NCc4cccc(C)c4)cc3)c2cc1OC.